The highest BCUT2D eigenvalue weighted by molar-refractivity contribution is 7.10. The summed E-state index contributed by atoms with van der Waals surface area (Å²) >= 11 is 1.55. The third-order valence-corrected chi connectivity index (χ3v) is 5.00. The van der Waals surface area contributed by atoms with E-state index in [1.165, 1.54) is 19.2 Å². The number of rotatable bonds is 7. The molecule has 2 aromatic carbocycles. The lowest BCUT2D eigenvalue weighted by Gasteiger charge is -2.18. The van der Waals surface area contributed by atoms with Crippen molar-refractivity contribution in [1.82, 2.24) is 5.32 Å². The molecule has 1 amide bonds. The second kappa shape index (κ2) is 9.25. The van der Waals surface area contributed by atoms with Crippen molar-refractivity contribution in [3.05, 3.63) is 87.9 Å². The molecule has 0 unspecified atom stereocenters. The molecule has 0 aliphatic carbocycles. The van der Waals surface area contributed by atoms with E-state index < -0.39 is 5.97 Å². The topological polar surface area (TPSA) is 67.4 Å². The molecule has 144 valence electrons. The molecule has 7 heteroatoms. The Balaban J connectivity index is 1.67. The van der Waals surface area contributed by atoms with E-state index in [1.807, 2.05) is 17.5 Å². The molecular weight excluding hydrogens is 379 g/mol. The summed E-state index contributed by atoms with van der Waals surface area (Å²) in [5.41, 5.74) is 1.73. The predicted octanol–water partition coefficient (Wildman–Crippen LogP) is 3.99. The van der Waals surface area contributed by atoms with Gasteiger partial charge < -0.3 is 10.1 Å². The average Bonchev–Trinajstić information content (AvgIpc) is 3.23. The molecule has 28 heavy (non-hydrogen) atoms. The van der Waals surface area contributed by atoms with Crippen molar-refractivity contribution >= 4 is 28.9 Å². The molecule has 0 aliphatic heterocycles. The zero-order chi connectivity index (χ0) is 19.9. The number of methoxy groups -OCH3 is 1. The number of thiophene rings is 1. The molecule has 3 aromatic rings. The Bertz CT molecular complexity index is 943. The van der Waals surface area contributed by atoms with E-state index in [0.29, 0.717) is 11.3 Å². The van der Waals surface area contributed by atoms with Crippen LogP contribution in [0.15, 0.2) is 66.0 Å². The van der Waals surface area contributed by atoms with Crippen molar-refractivity contribution in [3.63, 3.8) is 0 Å². The van der Waals surface area contributed by atoms with E-state index in [2.05, 4.69) is 15.4 Å². The monoisotopic (exact) mass is 398 g/mol. The molecule has 1 heterocycles. The Hall–Kier alpha value is -3.03. The van der Waals surface area contributed by atoms with Crippen molar-refractivity contribution in [2.45, 2.75) is 6.04 Å². The minimum absolute atomic E-state index is 0.0440. The van der Waals surface area contributed by atoms with Crippen LogP contribution in [0.1, 0.15) is 26.8 Å². The number of carbonyl (C=O) groups excluding carboxylic acids is 2. The minimum atomic E-state index is -0.469. The van der Waals surface area contributed by atoms with Gasteiger partial charge in [-0.05, 0) is 47.3 Å². The van der Waals surface area contributed by atoms with Crippen LogP contribution in [-0.4, -0.2) is 25.5 Å². The number of halogens is 1. The number of hydrogen-bond acceptors (Lipinski definition) is 5. The molecule has 0 radical (unpaired) electrons. The zero-order valence-corrected chi connectivity index (χ0v) is 16.0. The van der Waals surface area contributed by atoms with Gasteiger partial charge in [-0.15, -0.1) is 11.3 Å². The molecule has 0 saturated heterocycles. The smallest absolute Gasteiger partial charge is 0.337 e. The summed E-state index contributed by atoms with van der Waals surface area (Å²) in [5, 5.41) is 7.92. The first-order chi connectivity index (χ1) is 13.6. The quantitative estimate of drug-likeness (QED) is 0.591. The summed E-state index contributed by atoms with van der Waals surface area (Å²) in [4.78, 5) is 25.0. The molecule has 0 saturated carbocycles. The van der Waals surface area contributed by atoms with Gasteiger partial charge in [-0.2, -0.15) is 0 Å². The maximum absolute atomic E-state index is 13.2. The van der Waals surface area contributed by atoms with Crippen LogP contribution < -0.4 is 10.6 Å². The Labute approximate surface area is 166 Å². The summed E-state index contributed by atoms with van der Waals surface area (Å²) in [6, 6.07) is 16.4. The van der Waals surface area contributed by atoms with Gasteiger partial charge in [0.2, 0.25) is 5.91 Å². The second-order valence-corrected chi connectivity index (χ2v) is 6.98. The number of nitrogens with one attached hydrogen (secondary N) is 2. The first-order valence-electron chi connectivity index (χ1n) is 8.57. The van der Waals surface area contributed by atoms with Crippen LogP contribution in [0.5, 0.6) is 0 Å². The highest BCUT2D eigenvalue weighted by Gasteiger charge is 2.16. The van der Waals surface area contributed by atoms with Crippen LogP contribution in [0.2, 0.25) is 0 Å². The number of ether oxygens (including phenoxy) is 1. The van der Waals surface area contributed by atoms with Gasteiger partial charge in [0.25, 0.3) is 0 Å². The summed E-state index contributed by atoms with van der Waals surface area (Å²) in [6.45, 7) is 0.0440. The molecule has 1 aromatic heterocycles. The van der Waals surface area contributed by atoms with E-state index in [-0.39, 0.29) is 24.3 Å². The number of amides is 1. The fourth-order valence-electron chi connectivity index (χ4n) is 2.74. The van der Waals surface area contributed by atoms with E-state index in [9.17, 15) is 14.0 Å². The van der Waals surface area contributed by atoms with Gasteiger partial charge in [0.1, 0.15) is 5.82 Å². The van der Waals surface area contributed by atoms with Crippen LogP contribution in [0.25, 0.3) is 0 Å². The lowest BCUT2D eigenvalue weighted by molar-refractivity contribution is -0.115. The second-order valence-electron chi connectivity index (χ2n) is 6.00. The minimum Gasteiger partial charge on any atom is -0.465 e. The van der Waals surface area contributed by atoms with Crippen LogP contribution in [0, 0.1) is 5.82 Å². The first kappa shape index (κ1) is 19.7. The van der Waals surface area contributed by atoms with Crippen molar-refractivity contribution in [2.24, 2.45) is 0 Å². The van der Waals surface area contributed by atoms with Gasteiger partial charge in [-0.25, -0.2) is 9.18 Å². The molecule has 0 fully saturated rings. The number of hydrogen-bond donors (Lipinski definition) is 2. The summed E-state index contributed by atoms with van der Waals surface area (Å²) in [7, 11) is 1.30. The molecule has 5 nitrogen and oxygen atoms in total. The van der Waals surface area contributed by atoms with Crippen molar-refractivity contribution in [2.75, 3.05) is 19.0 Å². The number of esters is 1. The van der Waals surface area contributed by atoms with E-state index in [4.69, 9.17) is 0 Å². The van der Waals surface area contributed by atoms with Gasteiger partial charge in [-0.1, -0.05) is 24.3 Å². The largest absolute Gasteiger partial charge is 0.465 e. The van der Waals surface area contributed by atoms with Crippen molar-refractivity contribution < 1.29 is 18.7 Å². The lowest BCUT2D eigenvalue weighted by Crippen LogP contribution is -2.31. The third kappa shape index (κ3) is 5.03. The van der Waals surface area contributed by atoms with E-state index in [0.717, 1.165) is 10.4 Å². The number of anilines is 1. The standard InChI is InChI=1S/C21H19FN2O3S/c1-27-21(26)15-4-2-5-17(12-15)24-19(25)13-23-20(18-6-3-11-28-18)14-7-9-16(22)10-8-14/h2-12,20,23H,13H2,1H3,(H,24,25)/t20-/m1/s1. The number of carbonyl (C=O) groups is 2. The summed E-state index contributed by atoms with van der Waals surface area (Å²) < 4.78 is 17.9. The Morgan fingerprint density at radius 3 is 2.57 bits per heavy atom. The predicted molar refractivity (Wildman–Crippen MR) is 107 cm³/mol. The summed E-state index contributed by atoms with van der Waals surface area (Å²) in [6.07, 6.45) is 0. The third-order valence-electron chi connectivity index (χ3n) is 4.07. The van der Waals surface area contributed by atoms with Crippen molar-refractivity contribution in [3.8, 4) is 0 Å². The van der Waals surface area contributed by atoms with Crippen LogP contribution in [-0.2, 0) is 9.53 Å². The fraction of sp³-hybridized carbons (Fsp3) is 0.143. The van der Waals surface area contributed by atoms with Crippen molar-refractivity contribution in [1.29, 1.82) is 0 Å². The maximum Gasteiger partial charge on any atom is 0.337 e. The fourth-order valence-corrected chi connectivity index (χ4v) is 3.56. The molecule has 3 rings (SSSR count). The summed E-state index contributed by atoms with van der Waals surface area (Å²) in [5.74, 6) is -1.04. The Morgan fingerprint density at radius 1 is 1.11 bits per heavy atom. The first-order valence-corrected chi connectivity index (χ1v) is 9.45. The van der Waals surface area contributed by atoms with E-state index in [1.54, 1.807) is 47.7 Å². The molecule has 0 bridgehead atoms. The highest BCUT2D eigenvalue weighted by Crippen LogP contribution is 2.26. The Morgan fingerprint density at radius 2 is 1.89 bits per heavy atom. The van der Waals surface area contributed by atoms with Gasteiger partial charge in [0, 0.05) is 10.6 Å². The molecule has 2 N–H and O–H groups in total. The van der Waals surface area contributed by atoms with Crippen LogP contribution in [0.3, 0.4) is 0 Å². The SMILES string of the molecule is COC(=O)c1cccc(NC(=O)CN[C@H](c2ccc(F)cc2)c2cccs2)c1. The van der Waals surface area contributed by atoms with E-state index >= 15 is 0 Å². The van der Waals surface area contributed by atoms with Crippen LogP contribution >= 0.6 is 11.3 Å². The van der Waals surface area contributed by atoms with Gasteiger partial charge in [0.05, 0.1) is 25.3 Å². The van der Waals surface area contributed by atoms with Gasteiger partial charge in [0.15, 0.2) is 0 Å². The molecule has 1 atom stereocenters. The Kier molecular flexibility index (Phi) is 6.52. The van der Waals surface area contributed by atoms with Gasteiger partial charge >= 0.3 is 5.97 Å². The molecule has 0 aliphatic rings. The lowest BCUT2D eigenvalue weighted by atomic mass is 10.1. The van der Waals surface area contributed by atoms with Crippen LogP contribution in [0.4, 0.5) is 10.1 Å². The normalized spacial score (nSPS) is 11.6. The number of benzene rings is 2. The highest BCUT2D eigenvalue weighted by atomic mass is 32.1. The van der Waals surface area contributed by atoms with Gasteiger partial charge in [-0.3, -0.25) is 10.1 Å². The molecule has 0 spiro atoms. The maximum atomic E-state index is 13.2. The average molecular weight is 398 g/mol. The molecular formula is C21H19FN2O3S. The zero-order valence-electron chi connectivity index (χ0n) is 15.1.